The topological polar surface area (TPSA) is 115 Å². The second-order valence-corrected chi connectivity index (χ2v) is 9.48. The summed E-state index contributed by atoms with van der Waals surface area (Å²) in [5.41, 5.74) is 0.743. The van der Waals surface area contributed by atoms with Crippen LogP contribution in [0.1, 0.15) is 56.4 Å². The Morgan fingerprint density at radius 1 is 1.27 bits per heavy atom. The molecule has 2 aromatic heterocycles. The maximum Gasteiger partial charge on any atom is 0.343 e. The number of carbonyl (C=O) groups is 1. The molecule has 2 aliphatic heterocycles. The summed E-state index contributed by atoms with van der Waals surface area (Å²) < 4.78 is 12.6. The molecule has 4 heterocycles. The van der Waals surface area contributed by atoms with E-state index in [4.69, 9.17) is 19.9 Å². The van der Waals surface area contributed by atoms with Gasteiger partial charge in [-0.1, -0.05) is 25.1 Å². The minimum atomic E-state index is -1.88. The number of ether oxygens (including phenoxy) is 2. The molecule has 0 unspecified atom stereocenters. The number of hydrogen-bond donors (Lipinski definition) is 2. The highest BCUT2D eigenvalue weighted by Crippen LogP contribution is 2.40. The van der Waals surface area contributed by atoms with Crippen molar-refractivity contribution >= 4 is 22.8 Å². The number of pyridine rings is 2. The minimum absolute atomic E-state index is 0.00606. The van der Waals surface area contributed by atoms with Crippen molar-refractivity contribution in [2.24, 2.45) is 0 Å². The molecular formula is C25H25N3O5. The molecule has 0 spiro atoms. The molecule has 0 radical (unpaired) electrons. The first kappa shape index (κ1) is 21.3. The molecule has 1 aromatic carbocycles. The van der Waals surface area contributed by atoms with Crippen molar-refractivity contribution < 1.29 is 19.4 Å². The molecule has 2 aliphatic rings. The van der Waals surface area contributed by atoms with Crippen LogP contribution in [0.3, 0.4) is 0 Å². The number of carbonyl (C=O) groups excluding carboxylic acids is 1. The molecular weight excluding hydrogens is 422 g/mol. The molecule has 0 fully saturated rings. The summed E-state index contributed by atoms with van der Waals surface area (Å²) in [4.78, 5) is 30.6. The third kappa shape index (κ3) is 3.08. The van der Waals surface area contributed by atoms with Gasteiger partial charge in [-0.2, -0.15) is 0 Å². The summed E-state index contributed by atoms with van der Waals surface area (Å²) in [7, 11) is 0. The van der Waals surface area contributed by atoms with Crippen LogP contribution in [0.5, 0.6) is 0 Å². The highest BCUT2D eigenvalue weighted by atomic mass is 16.6. The van der Waals surface area contributed by atoms with Crippen molar-refractivity contribution in [2.75, 3.05) is 0 Å². The predicted molar refractivity (Wildman–Crippen MR) is 122 cm³/mol. The maximum absolute atomic E-state index is 13.4. The van der Waals surface area contributed by atoms with Crippen molar-refractivity contribution in [2.45, 2.75) is 58.5 Å². The summed E-state index contributed by atoms with van der Waals surface area (Å²) in [6.45, 7) is 7.32. The average molecular weight is 447 g/mol. The molecule has 0 saturated heterocycles. The van der Waals surface area contributed by atoms with Crippen LogP contribution in [0.4, 0.5) is 0 Å². The number of aliphatic hydroxyl groups is 1. The van der Waals surface area contributed by atoms with Gasteiger partial charge in [0, 0.05) is 16.5 Å². The van der Waals surface area contributed by atoms with Crippen LogP contribution in [0.25, 0.3) is 22.3 Å². The third-order valence-electron chi connectivity index (χ3n) is 6.23. The highest BCUT2D eigenvalue weighted by Gasteiger charge is 2.45. The summed E-state index contributed by atoms with van der Waals surface area (Å²) in [6.07, 6.45) is 0.0784. The number of fused-ring (bicyclic) bond motifs is 5. The molecule has 8 heteroatoms. The number of benzene rings is 1. The lowest BCUT2D eigenvalue weighted by Gasteiger charge is -2.31. The van der Waals surface area contributed by atoms with Gasteiger partial charge >= 0.3 is 5.97 Å². The van der Waals surface area contributed by atoms with Gasteiger partial charge in [0.2, 0.25) is 5.90 Å². The molecule has 1 atom stereocenters. The van der Waals surface area contributed by atoms with E-state index in [0.29, 0.717) is 28.0 Å². The van der Waals surface area contributed by atoms with E-state index in [9.17, 15) is 14.7 Å². The Bertz CT molecular complexity index is 1420. The Morgan fingerprint density at radius 3 is 2.70 bits per heavy atom. The first-order chi connectivity index (χ1) is 15.5. The minimum Gasteiger partial charge on any atom is -0.472 e. The molecule has 0 aliphatic carbocycles. The molecule has 0 saturated carbocycles. The summed E-state index contributed by atoms with van der Waals surface area (Å²) in [5, 5.41) is 20.6. The number of rotatable bonds is 2. The summed E-state index contributed by atoms with van der Waals surface area (Å²) in [5.74, 6) is -0.751. The zero-order valence-corrected chi connectivity index (χ0v) is 19.0. The Morgan fingerprint density at radius 2 is 2.00 bits per heavy atom. The van der Waals surface area contributed by atoms with Gasteiger partial charge in [0.25, 0.3) is 5.56 Å². The number of para-hydroxylation sites is 1. The number of cyclic esters (lactones) is 1. The monoisotopic (exact) mass is 447 g/mol. The van der Waals surface area contributed by atoms with E-state index in [1.165, 1.54) is 0 Å². The first-order valence-corrected chi connectivity index (χ1v) is 10.9. The SMILES string of the molecule is CC[C@@]1(O)C(=O)OCc2c1cc1n(c2=O)Cc2c-1nc1ccccc1c2C(=N)OC(C)(C)C. The quantitative estimate of drug-likeness (QED) is 0.277. The summed E-state index contributed by atoms with van der Waals surface area (Å²) >= 11 is 0. The normalized spacial score (nSPS) is 19.0. The molecule has 5 rings (SSSR count). The van der Waals surface area contributed by atoms with Gasteiger partial charge in [-0.25, -0.2) is 9.78 Å². The second kappa shape index (κ2) is 6.99. The third-order valence-corrected chi connectivity index (χ3v) is 6.23. The van der Waals surface area contributed by atoms with E-state index in [2.05, 4.69) is 0 Å². The van der Waals surface area contributed by atoms with Crippen LogP contribution >= 0.6 is 0 Å². The van der Waals surface area contributed by atoms with Gasteiger partial charge in [0.05, 0.1) is 34.6 Å². The molecule has 3 aromatic rings. The number of esters is 1. The second-order valence-electron chi connectivity index (χ2n) is 9.48. The fourth-order valence-corrected chi connectivity index (χ4v) is 4.64. The Hall–Kier alpha value is -3.52. The number of hydrogen-bond acceptors (Lipinski definition) is 7. The lowest BCUT2D eigenvalue weighted by Crippen LogP contribution is -2.44. The van der Waals surface area contributed by atoms with E-state index in [1.807, 2.05) is 45.0 Å². The molecule has 170 valence electrons. The smallest absolute Gasteiger partial charge is 0.343 e. The van der Waals surface area contributed by atoms with Crippen molar-refractivity contribution in [3.8, 4) is 11.4 Å². The first-order valence-electron chi connectivity index (χ1n) is 10.9. The Kier molecular flexibility index (Phi) is 4.52. The lowest BCUT2D eigenvalue weighted by molar-refractivity contribution is -0.172. The fourth-order valence-electron chi connectivity index (χ4n) is 4.64. The van der Waals surface area contributed by atoms with E-state index >= 15 is 0 Å². The van der Waals surface area contributed by atoms with Gasteiger partial charge in [0.1, 0.15) is 12.2 Å². The fraction of sp³-hybridized carbons (Fsp3) is 0.360. The zero-order valence-electron chi connectivity index (χ0n) is 19.0. The molecule has 0 bridgehead atoms. The Balaban J connectivity index is 1.80. The molecule has 33 heavy (non-hydrogen) atoms. The number of aromatic nitrogens is 2. The largest absolute Gasteiger partial charge is 0.472 e. The van der Waals surface area contributed by atoms with E-state index in [1.54, 1.807) is 17.6 Å². The van der Waals surface area contributed by atoms with Crippen LogP contribution < -0.4 is 5.56 Å². The van der Waals surface area contributed by atoms with Crippen molar-refractivity contribution in [1.29, 1.82) is 5.41 Å². The Labute approximate surface area is 190 Å². The van der Waals surface area contributed by atoms with Gasteiger partial charge in [-0.05, 0) is 39.3 Å². The lowest BCUT2D eigenvalue weighted by atomic mass is 9.86. The molecule has 0 amide bonds. The van der Waals surface area contributed by atoms with Gasteiger partial charge in [-0.3, -0.25) is 10.2 Å². The van der Waals surface area contributed by atoms with E-state index in [-0.39, 0.29) is 42.2 Å². The van der Waals surface area contributed by atoms with Crippen molar-refractivity contribution in [1.82, 2.24) is 9.55 Å². The van der Waals surface area contributed by atoms with Gasteiger partial charge in [-0.15, -0.1) is 0 Å². The number of nitrogens with one attached hydrogen (secondary N) is 1. The standard InChI is InChI=1S/C25H25N3O5/c1-5-25(31)16-10-18-20-14(11-28(18)22(29)15(16)12-32-23(25)30)19(21(26)33-24(2,3)4)13-8-6-7-9-17(13)27-20/h6-10,26,31H,5,11-12H2,1-4H3/t25-/m0/s1. The van der Waals surface area contributed by atoms with Crippen LogP contribution in [-0.2, 0) is 33.0 Å². The predicted octanol–water partition coefficient (Wildman–Crippen LogP) is 3.22. The average Bonchev–Trinajstić information content (AvgIpc) is 3.12. The zero-order chi connectivity index (χ0) is 23.7. The van der Waals surface area contributed by atoms with Gasteiger partial charge < -0.3 is 19.1 Å². The van der Waals surface area contributed by atoms with E-state index in [0.717, 1.165) is 5.39 Å². The molecule has 2 N–H and O–H groups in total. The maximum atomic E-state index is 13.4. The molecule has 8 nitrogen and oxygen atoms in total. The van der Waals surface area contributed by atoms with Crippen LogP contribution in [0.2, 0.25) is 0 Å². The van der Waals surface area contributed by atoms with Crippen molar-refractivity contribution in [3.05, 3.63) is 62.9 Å². The van der Waals surface area contributed by atoms with Crippen LogP contribution in [0, 0.1) is 5.41 Å². The van der Waals surface area contributed by atoms with Crippen molar-refractivity contribution in [3.63, 3.8) is 0 Å². The highest BCUT2D eigenvalue weighted by molar-refractivity contribution is 6.08. The number of nitrogens with zero attached hydrogens (tertiary/aromatic N) is 2. The van der Waals surface area contributed by atoms with Crippen LogP contribution in [0.15, 0.2) is 35.1 Å². The van der Waals surface area contributed by atoms with Crippen LogP contribution in [-0.4, -0.2) is 32.1 Å². The van der Waals surface area contributed by atoms with Gasteiger partial charge in [0.15, 0.2) is 5.60 Å². The van der Waals surface area contributed by atoms with E-state index < -0.39 is 17.2 Å². The summed E-state index contributed by atoms with van der Waals surface area (Å²) in [6, 6.07) is 9.15.